The fraction of sp³-hybridized carbons (Fsp3) is 0.429. The molecule has 0 aliphatic rings. The molecule has 110 valence electrons. The normalized spacial score (nSPS) is 10.9. The van der Waals surface area contributed by atoms with E-state index in [1.807, 2.05) is 0 Å². The quantitative estimate of drug-likeness (QED) is 0.750. The number of carbonyl (C=O) groups excluding carboxylic acids is 1. The van der Waals surface area contributed by atoms with Crippen LogP contribution < -0.4 is 10.6 Å². The van der Waals surface area contributed by atoms with Gasteiger partial charge in [-0.25, -0.2) is 9.18 Å². The number of nitrogens with one attached hydrogen (secondary N) is 2. The van der Waals surface area contributed by atoms with Crippen LogP contribution in [0.5, 0.6) is 0 Å². The molecule has 0 radical (unpaired) electrons. The second kappa shape index (κ2) is 6.88. The Morgan fingerprint density at radius 2 is 1.95 bits per heavy atom. The number of hydrogen-bond donors (Lipinski definition) is 3. The molecule has 0 heterocycles. The Bertz CT molecular complexity index is 487. The fourth-order valence-corrected chi connectivity index (χ4v) is 1.87. The summed E-state index contributed by atoms with van der Waals surface area (Å²) < 4.78 is 13.0. The highest BCUT2D eigenvalue weighted by molar-refractivity contribution is 5.89. The molecule has 0 unspecified atom stereocenters. The number of rotatable bonds is 6. The minimum Gasteiger partial charge on any atom is -0.481 e. The minimum atomic E-state index is -0.973. The maximum absolute atomic E-state index is 13.0. The predicted octanol–water partition coefficient (Wildman–Crippen LogP) is 2.84. The van der Waals surface area contributed by atoms with Gasteiger partial charge in [-0.1, -0.05) is 19.9 Å². The van der Waals surface area contributed by atoms with Crippen LogP contribution in [0, 0.1) is 11.2 Å². The number of halogens is 1. The molecule has 0 aromatic heterocycles. The highest BCUT2D eigenvalue weighted by Crippen LogP contribution is 2.25. The van der Waals surface area contributed by atoms with Crippen molar-refractivity contribution in [2.75, 3.05) is 11.9 Å². The van der Waals surface area contributed by atoms with E-state index in [4.69, 9.17) is 0 Å². The van der Waals surface area contributed by atoms with Gasteiger partial charge < -0.3 is 15.7 Å². The van der Waals surface area contributed by atoms with Crippen LogP contribution in [-0.4, -0.2) is 23.7 Å². The number of urea groups is 1. The average Bonchev–Trinajstić information content (AvgIpc) is 2.40. The van der Waals surface area contributed by atoms with Crippen molar-refractivity contribution in [3.05, 3.63) is 30.1 Å². The van der Waals surface area contributed by atoms with E-state index in [0.717, 1.165) is 0 Å². The standard InChI is InChI=1S/C14H19FN2O3/c1-3-14(4-2,12(18)19)9-16-13(20)17-11-7-5-6-10(15)8-11/h5-8H,3-4,9H2,1-2H3,(H,18,19)(H2,16,17,20). The Kier molecular flexibility index (Phi) is 5.49. The van der Waals surface area contributed by atoms with Gasteiger partial charge in [-0.2, -0.15) is 0 Å². The molecule has 2 amide bonds. The summed E-state index contributed by atoms with van der Waals surface area (Å²) in [7, 11) is 0. The van der Waals surface area contributed by atoms with Crippen LogP contribution in [0.1, 0.15) is 26.7 Å². The Morgan fingerprint density at radius 3 is 2.45 bits per heavy atom. The molecule has 1 aromatic carbocycles. The first-order valence-corrected chi connectivity index (χ1v) is 6.47. The third-order valence-corrected chi connectivity index (χ3v) is 3.48. The molecule has 0 bridgehead atoms. The topological polar surface area (TPSA) is 78.4 Å². The number of aliphatic carboxylic acids is 1. The second-order valence-electron chi connectivity index (χ2n) is 4.61. The van der Waals surface area contributed by atoms with Crippen molar-refractivity contribution in [2.45, 2.75) is 26.7 Å². The maximum atomic E-state index is 13.0. The largest absolute Gasteiger partial charge is 0.481 e. The van der Waals surface area contributed by atoms with Crippen molar-refractivity contribution < 1.29 is 19.1 Å². The van der Waals surface area contributed by atoms with Crippen molar-refractivity contribution in [2.24, 2.45) is 5.41 Å². The van der Waals surface area contributed by atoms with Crippen LogP contribution >= 0.6 is 0 Å². The third-order valence-electron chi connectivity index (χ3n) is 3.48. The first-order chi connectivity index (χ1) is 9.43. The zero-order chi connectivity index (χ0) is 15.2. The summed E-state index contributed by atoms with van der Waals surface area (Å²) in [4.78, 5) is 23.0. The summed E-state index contributed by atoms with van der Waals surface area (Å²) in [6, 6.07) is 4.93. The number of benzene rings is 1. The SMILES string of the molecule is CCC(CC)(CNC(=O)Nc1cccc(F)c1)C(=O)O. The molecular weight excluding hydrogens is 263 g/mol. The van der Waals surface area contributed by atoms with Gasteiger partial charge in [0, 0.05) is 12.2 Å². The Morgan fingerprint density at radius 1 is 1.30 bits per heavy atom. The smallest absolute Gasteiger partial charge is 0.319 e. The zero-order valence-electron chi connectivity index (χ0n) is 11.6. The van der Waals surface area contributed by atoms with E-state index in [1.54, 1.807) is 19.9 Å². The van der Waals surface area contributed by atoms with Gasteiger partial charge in [0.05, 0.1) is 5.41 Å². The number of amides is 2. The van der Waals surface area contributed by atoms with Gasteiger partial charge in [-0.3, -0.25) is 4.79 Å². The van der Waals surface area contributed by atoms with Crippen LogP contribution in [0.3, 0.4) is 0 Å². The monoisotopic (exact) mass is 282 g/mol. The Hall–Kier alpha value is -2.11. The van der Waals surface area contributed by atoms with Gasteiger partial charge in [0.25, 0.3) is 0 Å². The summed E-state index contributed by atoms with van der Waals surface area (Å²) in [6.07, 6.45) is 0.832. The molecule has 0 atom stereocenters. The first-order valence-electron chi connectivity index (χ1n) is 6.47. The summed E-state index contributed by atoms with van der Waals surface area (Å²) in [5, 5.41) is 14.2. The lowest BCUT2D eigenvalue weighted by molar-refractivity contribution is -0.149. The van der Waals surface area contributed by atoms with E-state index in [2.05, 4.69) is 10.6 Å². The Labute approximate surface area is 117 Å². The molecule has 0 aliphatic carbocycles. The summed E-state index contributed by atoms with van der Waals surface area (Å²) in [5.74, 6) is -1.39. The molecular formula is C14H19FN2O3. The van der Waals surface area contributed by atoms with Gasteiger partial charge in [0.1, 0.15) is 5.82 Å². The minimum absolute atomic E-state index is 0.0243. The molecule has 20 heavy (non-hydrogen) atoms. The van der Waals surface area contributed by atoms with Crippen molar-refractivity contribution in [1.29, 1.82) is 0 Å². The van der Waals surface area contributed by atoms with E-state index in [1.165, 1.54) is 18.2 Å². The van der Waals surface area contributed by atoms with E-state index in [0.29, 0.717) is 18.5 Å². The van der Waals surface area contributed by atoms with Crippen LogP contribution in [0.2, 0.25) is 0 Å². The maximum Gasteiger partial charge on any atom is 0.319 e. The molecule has 0 spiro atoms. The Balaban J connectivity index is 2.61. The number of hydrogen-bond acceptors (Lipinski definition) is 2. The molecule has 0 aliphatic heterocycles. The van der Waals surface area contributed by atoms with Gasteiger partial charge in [0.2, 0.25) is 0 Å². The third kappa shape index (κ3) is 3.94. The summed E-state index contributed by atoms with van der Waals surface area (Å²) in [6.45, 7) is 3.56. The highest BCUT2D eigenvalue weighted by Gasteiger charge is 2.35. The lowest BCUT2D eigenvalue weighted by Crippen LogP contribution is -2.43. The van der Waals surface area contributed by atoms with Gasteiger partial charge >= 0.3 is 12.0 Å². The molecule has 3 N–H and O–H groups in total. The van der Waals surface area contributed by atoms with E-state index in [-0.39, 0.29) is 6.54 Å². The van der Waals surface area contributed by atoms with E-state index >= 15 is 0 Å². The number of carboxylic acids is 1. The van der Waals surface area contributed by atoms with Gasteiger partial charge in [-0.15, -0.1) is 0 Å². The molecule has 1 aromatic rings. The lowest BCUT2D eigenvalue weighted by Gasteiger charge is -2.26. The van der Waals surface area contributed by atoms with Gasteiger partial charge in [0.15, 0.2) is 0 Å². The van der Waals surface area contributed by atoms with Gasteiger partial charge in [-0.05, 0) is 31.0 Å². The van der Waals surface area contributed by atoms with Crippen LogP contribution in [0.25, 0.3) is 0 Å². The fourth-order valence-electron chi connectivity index (χ4n) is 1.87. The predicted molar refractivity (Wildman–Crippen MR) is 74.1 cm³/mol. The van der Waals surface area contributed by atoms with Crippen LogP contribution in [0.4, 0.5) is 14.9 Å². The van der Waals surface area contributed by atoms with E-state index < -0.39 is 23.2 Å². The lowest BCUT2D eigenvalue weighted by atomic mass is 9.82. The molecule has 1 rings (SSSR count). The summed E-state index contributed by atoms with van der Waals surface area (Å²) >= 11 is 0. The molecule has 6 heteroatoms. The number of carbonyl (C=O) groups is 2. The molecule has 0 saturated carbocycles. The van der Waals surface area contributed by atoms with Crippen molar-refractivity contribution in [3.8, 4) is 0 Å². The average molecular weight is 282 g/mol. The summed E-state index contributed by atoms with van der Waals surface area (Å²) in [5.41, 5.74) is -0.657. The van der Waals surface area contributed by atoms with Crippen molar-refractivity contribution in [3.63, 3.8) is 0 Å². The van der Waals surface area contributed by atoms with Crippen LogP contribution in [-0.2, 0) is 4.79 Å². The first kappa shape index (κ1) is 15.9. The number of carboxylic acid groups (broad SMARTS) is 1. The van der Waals surface area contributed by atoms with Crippen molar-refractivity contribution >= 4 is 17.7 Å². The molecule has 0 fully saturated rings. The van der Waals surface area contributed by atoms with Crippen molar-refractivity contribution in [1.82, 2.24) is 5.32 Å². The molecule has 0 saturated heterocycles. The highest BCUT2D eigenvalue weighted by atomic mass is 19.1. The van der Waals surface area contributed by atoms with Crippen LogP contribution in [0.15, 0.2) is 24.3 Å². The second-order valence-corrected chi connectivity index (χ2v) is 4.61. The van der Waals surface area contributed by atoms with E-state index in [9.17, 15) is 19.1 Å². The zero-order valence-corrected chi connectivity index (χ0v) is 11.6. The molecule has 5 nitrogen and oxygen atoms in total. The number of anilines is 1.